The summed E-state index contributed by atoms with van der Waals surface area (Å²) in [5, 5.41) is 2.65. The summed E-state index contributed by atoms with van der Waals surface area (Å²) in [4.78, 5) is 32.9. The van der Waals surface area contributed by atoms with Crippen LogP contribution in [0.1, 0.15) is 25.9 Å². The molecule has 0 N–H and O–H groups in total. The first-order valence-electron chi connectivity index (χ1n) is 8.26. The molecule has 7 nitrogen and oxygen atoms in total. The van der Waals surface area contributed by atoms with Gasteiger partial charge in [0.1, 0.15) is 5.69 Å². The summed E-state index contributed by atoms with van der Waals surface area (Å²) in [6.07, 6.45) is 0. The molecule has 0 atom stereocenters. The maximum absolute atomic E-state index is 12.7. The van der Waals surface area contributed by atoms with Crippen molar-refractivity contribution in [2.75, 3.05) is 40.4 Å². The molecule has 2 amide bonds. The van der Waals surface area contributed by atoms with Gasteiger partial charge in [-0.2, -0.15) is 0 Å². The normalized spacial score (nSPS) is 14.3. The van der Waals surface area contributed by atoms with Crippen molar-refractivity contribution in [2.24, 2.45) is 0 Å². The zero-order valence-corrected chi connectivity index (χ0v) is 15.8. The number of benzene rings is 1. The number of hydrogen-bond acceptors (Lipinski definition) is 6. The molecule has 0 bridgehead atoms. The summed E-state index contributed by atoms with van der Waals surface area (Å²) >= 11 is 1.46. The Bertz CT molecular complexity index is 813. The minimum absolute atomic E-state index is 0.0763. The smallest absolute Gasteiger partial charge is 0.273 e. The van der Waals surface area contributed by atoms with Crippen molar-refractivity contribution in [1.82, 2.24) is 14.8 Å². The van der Waals surface area contributed by atoms with Crippen molar-refractivity contribution in [3.05, 3.63) is 39.8 Å². The van der Waals surface area contributed by atoms with E-state index in [1.807, 2.05) is 6.92 Å². The van der Waals surface area contributed by atoms with Crippen molar-refractivity contribution < 1.29 is 19.1 Å². The van der Waals surface area contributed by atoms with Crippen LogP contribution in [0.25, 0.3) is 0 Å². The summed E-state index contributed by atoms with van der Waals surface area (Å²) in [6, 6.07) is 5.12. The van der Waals surface area contributed by atoms with Gasteiger partial charge in [0.25, 0.3) is 11.8 Å². The van der Waals surface area contributed by atoms with Crippen LogP contribution >= 0.6 is 11.3 Å². The Morgan fingerprint density at radius 2 is 1.62 bits per heavy atom. The van der Waals surface area contributed by atoms with Gasteiger partial charge in [0.05, 0.1) is 19.2 Å². The van der Waals surface area contributed by atoms with Gasteiger partial charge in [0, 0.05) is 37.1 Å². The minimum Gasteiger partial charge on any atom is -0.493 e. The highest BCUT2D eigenvalue weighted by atomic mass is 32.1. The second-order valence-corrected chi connectivity index (χ2v) is 6.97. The second-order valence-electron chi connectivity index (χ2n) is 5.91. The van der Waals surface area contributed by atoms with E-state index in [2.05, 4.69) is 4.98 Å². The Labute approximate surface area is 156 Å². The van der Waals surface area contributed by atoms with Crippen molar-refractivity contribution in [1.29, 1.82) is 0 Å². The molecular formula is C18H21N3O4S. The number of nitrogens with zero attached hydrogens (tertiary/aromatic N) is 3. The number of methoxy groups -OCH3 is 2. The van der Waals surface area contributed by atoms with Crippen LogP contribution in [0.15, 0.2) is 23.6 Å². The third-order valence-electron chi connectivity index (χ3n) is 4.32. The number of ether oxygens (including phenoxy) is 2. The second kappa shape index (κ2) is 7.74. The van der Waals surface area contributed by atoms with Crippen LogP contribution in [-0.2, 0) is 0 Å². The fraction of sp³-hybridized carbons (Fsp3) is 0.389. The largest absolute Gasteiger partial charge is 0.493 e. The van der Waals surface area contributed by atoms with Gasteiger partial charge >= 0.3 is 0 Å². The Morgan fingerprint density at radius 3 is 2.15 bits per heavy atom. The lowest BCUT2D eigenvalue weighted by Gasteiger charge is -2.34. The Kier molecular flexibility index (Phi) is 5.41. The van der Waals surface area contributed by atoms with Crippen LogP contribution < -0.4 is 9.47 Å². The van der Waals surface area contributed by atoms with Gasteiger partial charge in [-0.25, -0.2) is 4.98 Å². The molecule has 1 aliphatic rings. The number of carbonyl (C=O) groups is 2. The zero-order valence-electron chi connectivity index (χ0n) is 15.0. The number of aryl methyl sites for hydroxylation is 1. The molecule has 1 aromatic carbocycles. The summed E-state index contributed by atoms with van der Waals surface area (Å²) in [7, 11) is 3.09. The molecule has 1 saturated heterocycles. The molecule has 1 fully saturated rings. The summed E-state index contributed by atoms with van der Waals surface area (Å²) in [6.45, 7) is 3.84. The lowest BCUT2D eigenvalue weighted by atomic mass is 10.1. The first-order chi connectivity index (χ1) is 12.5. The summed E-state index contributed by atoms with van der Waals surface area (Å²) in [5.41, 5.74) is 1.02. The van der Waals surface area contributed by atoms with E-state index in [1.54, 1.807) is 40.5 Å². The molecule has 2 aromatic rings. The van der Waals surface area contributed by atoms with E-state index < -0.39 is 0 Å². The van der Waals surface area contributed by atoms with Gasteiger partial charge in [0.2, 0.25) is 0 Å². The van der Waals surface area contributed by atoms with Crippen molar-refractivity contribution >= 4 is 23.2 Å². The molecule has 0 spiro atoms. The fourth-order valence-corrected chi connectivity index (χ4v) is 3.47. The first-order valence-corrected chi connectivity index (χ1v) is 9.14. The highest BCUT2D eigenvalue weighted by Crippen LogP contribution is 2.28. The topological polar surface area (TPSA) is 72.0 Å². The van der Waals surface area contributed by atoms with Crippen LogP contribution in [0.3, 0.4) is 0 Å². The van der Waals surface area contributed by atoms with Gasteiger partial charge in [0.15, 0.2) is 11.5 Å². The number of amides is 2. The van der Waals surface area contributed by atoms with E-state index in [-0.39, 0.29) is 11.8 Å². The van der Waals surface area contributed by atoms with Gasteiger partial charge in [-0.05, 0) is 25.1 Å². The lowest BCUT2D eigenvalue weighted by Crippen LogP contribution is -2.50. The maximum Gasteiger partial charge on any atom is 0.273 e. The third-order valence-corrected chi connectivity index (χ3v) is 5.10. The number of aromatic nitrogens is 1. The van der Waals surface area contributed by atoms with E-state index in [9.17, 15) is 9.59 Å². The molecule has 0 radical (unpaired) electrons. The molecule has 0 aliphatic carbocycles. The molecule has 0 unspecified atom stereocenters. The molecule has 1 aromatic heterocycles. The predicted molar refractivity (Wildman–Crippen MR) is 98.2 cm³/mol. The van der Waals surface area contributed by atoms with Crippen molar-refractivity contribution in [3.63, 3.8) is 0 Å². The lowest BCUT2D eigenvalue weighted by molar-refractivity contribution is 0.0532. The molecule has 3 rings (SSSR count). The van der Waals surface area contributed by atoms with Gasteiger partial charge in [-0.15, -0.1) is 11.3 Å². The fourth-order valence-electron chi connectivity index (χ4n) is 2.89. The molecule has 0 saturated carbocycles. The third kappa shape index (κ3) is 3.65. The highest BCUT2D eigenvalue weighted by Gasteiger charge is 2.27. The monoisotopic (exact) mass is 375 g/mol. The van der Waals surface area contributed by atoms with E-state index >= 15 is 0 Å². The van der Waals surface area contributed by atoms with Crippen LogP contribution in [-0.4, -0.2) is 67.0 Å². The number of thiazole rings is 1. The summed E-state index contributed by atoms with van der Waals surface area (Å²) in [5.74, 6) is 0.944. The Hall–Kier alpha value is -2.61. The molecule has 26 heavy (non-hydrogen) atoms. The Balaban J connectivity index is 1.64. The Morgan fingerprint density at radius 1 is 1.00 bits per heavy atom. The maximum atomic E-state index is 12.7. The number of piperazine rings is 1. The SMILES string of the molecule is COc1ccc(C(=O)N2CCN(C(=O)c3csc(C)n3)CC2)cc1OC. The molecular weight excluding hydrogens is 354 g/mol. The van der Waals surface area contributed by atoms with Gasteiger partial charge in [-0.3, -0.25) is 9.59 Å². The number of hydrogen-bond donors (Lipinski definition) is 0. The van der Waals surface area contributed by atoms with Crippen molar-refractivity contribution in [3.8, 4) is 11.5 Å². The molecule has 138 valence electrons. The van der Waals surface area contributed by atoms with Crippen LogP contribution in [0, 0.1) is 6.92 Å². The molecule has 2 heterocycles. The molecule has 8 heteroatoms. The van der Waals surface area contributed by atoms with Crippen molar-refractivity contribution in [2.45, 2.75) is 6.92 Å². The average molecular weight is 375 g/mol. The zero-order chi connectivity index (χ0) is 18.7. The average Bonchev–Trinajstić information content (AvgIpc) is 3.12. The molecule has 1 aliphatic heterocycles. The first kappa shape index (κ1) is 18.2. The summed E-state index contributed by atoms with van der Waals surface area (Å²) < 4.78 is 10.5. The predicted octanol–water partition coefficient (Wildman–Crippen LogP) is 2.07. The van der Waals surface area contributed by atoms with E-state index in [1.165, 1.54) is 18.4 Å². The van der Waals surface area contributed by atoms with E-state index in [0.29, 0.717) is 48.9 Å². The van der Waals surface area contributed by atoms with E-state index in [4.69, 9.17) is 9.47 Å². The number of rotatable bonds is 4. The highest BCUT2D eigenvalue weighted by molar-refractivity contribution is 7.09. The van der Waals surface area contributed by atoms with Crippen LogP contribution in [0.2, 0.25) is 0 Å². The van der Waals surface area contributed by atoms with Crippen LogP contribution in [0.4, 0.5) is 0 Å². The minimum atomic E-state index is -0.0810. The quantitative estimate of drug-likeness (QED) is 0.818. The van der Waals surface area contributed by atoms with E-state index in [0.717, 1.165) is 5.01 Å². The number of carbonyl (C=O) groups excluding carboxylic acids is 2. The van der Waals surface area contributed by atoms with Crippen LogP contribution in [0.5, 0.6) is 11.5 Å². The van der Waals surface area contributed by atoms with Gasteiger partial charge in [-0.1, -0.05) is 0 Å². The van der Waals surface area contributed by atoms with Gasteiger partial charge < -0.3 is 19.3 Å². The standard InChI is InChI=1S/C18H21N3O4S/c1-12-19-14(11-26-12)18(23)21-8-6-20(7-9-21)17(22)13-4-5-15(24-2)16(10-13)25-3/h4-5,10-11H,6-9H2,1-3H3.